The Balaban J connectivity index is 2.65. The smallest absolute Gasteiger partial charge is 0.0994 e. The van der Waals surface area contributed by atoms with E-state index in [1.807, 2.05) is 39.0 Å². The molecule has 0 aliphatic rings. The third kappa shape index (κ3) is 2.23. The summed E-state index contributed by atoms with van der Waals surface area (Å²) in [5.41, 5.74) is 5.43. The number of pyridine rings is 1. The molecule has 1 aromatic heterocycles. The first-order valence-electron chi connectivity index (χ1n) is 5.67. The molecule has 0 bridgehead atoms. The van der Waals surface area contributed by atoms with Gasteiger partial charge in [0.25, 0.3) is 0 Å². The number of nitriles is 1. The second kappa shape index (κ2) is 4.80. The zero-order valence-electron chi connectivity index (χ0n) is 10.6. The molecule has 0 aliphatic carbocycles. The summed E-state index contributed by atoms with van der Waals surface area (Å²) in [4.78, 5) is 4.39. The van der Waals surface area contributed by atoms with Crippen LogP contribution in [0.3, 0.4) is 0 Å². The maximum absolute atomic E-state index is 9.00. The van der Waals surface area contributed by atoms with Crippen LogP contribution in [0.4, 0.5) is 0 Å². The minimum Gasteiger partial charge on any atom is -0.254 e. The van der Waals surface area contributed by atoms with E-state index in [-0.39, 0.29) is 0 Å². The number of hydrogen-bond acceptors (Lipinski definition) is 2. The predicted octanol–water partition coefficient (Wildman–Crippen LogP) is 4.20. The van der Waals surface area contributed by atoms with Gasteiger partial charge in [0.05, 0.1) is 22.3 Å². The average molecular weight is 257 g/mol. The van der Waals surface area contributed by atoms with Gasteiger partial charge in [0.15, 0.2) is 0 Å². The van der Waals surface area contributed by atoms with Crippen molar-refractivity contribution in [2.45, 2.75) is 20.8 Å². The first-order valence-corrected chi connectivity index (χ1v) is 6.04. The lowest BCUT2D eigenvalue weighted by atomic mass is 9.98. The van der Waals surface area contributed by atoms with Gasteiger partial charge in [-0.05, 0) is 55.7 Å². The summed E-state index contributed by atoms with van der Waals surface area (Å²) in [6.07, 6.45) is 1.80. The summed E-state index contributed by atoms with van der Waals surface area (Å²) in [7, 11) is 0. The molecule has 18 heavy (non-hydrogen) atoms. The van der Waals surface area contributed by atoms with E-state index in [9.17, 15) is 0 Å². The molecule has 2 aromatic rings. The fourth-order valence-corrected chi connectivity index (χ4v) is 2.25. The highest BCUT2D eigenvalue weighted by Gasteiger charge is 2.10. The lowest BCUT2D eigenvalue weighted by molar-refractivity contribution is 1.25. The maximum atomic E-state index is 9.00. The zero-order valence-corrected chi connectivity index (χ0v) is 11.3. The van der Waals surface area contributed by atoms with E-state index in [1.165, 1.54) is 0 Å². The van der Waals surface area contributed by atoms with Crippen LogP contribution in [0.25, 0.3) is 11.3 Å². The minimum absolute atomic E-state index is 0.641. The zero-order chi connectivity index (χ0) is 13.3. The number of halogens is 1. The van der Waals surface area contributed by atoms with Gasteiger partial charge in [-0.3, -0.25) is 4.98 Å². The molecule has 1 heterocycles. The van der Waals surface area contributed by atoms with Crippen LogP contribution in [0.15, 0.2) is 24.4 Å². The van der Waals surface area contributed by atoms with Crippen molar-refractivity contribution >= 4 is 11.6 Å². The molecule has 0 saturated heterocycles. The van der Waals surface area contributed by atoms with E-state index in [0.29, 0.717) is 10.6 Å². The highest BCUT2D eigenvalue weighted by Crippen LogP contribution is 2.30. The topological polar surface area (TPSA) is 36.7 Å². The number of rotatable bonds is 1. The molecule has 0 unspecified atom stereocenters. The molecule has 90 valence electrons. The lowest BCUT2D eigenvalue weighted by Crippen LogP contribution is -1.93. The summed E-state index contributed by atoms with van der Waals surface area (Å²) < 4.78 is 0. The second-order valence-corrected chi connectivity index (χ2v) is 4.84. The molecule has 3 heteroatoms. The van der Waals surface area contributed by atoms with Gasteiger partial charge in [-0.2, -0.15) is 5.26 Å². The first-order chi connectivity index (χ1) is 8.52. The van der Waals surface area contributed by atoms with Crippen LogP contribution in [-0.4, -0.2) is 4.98 Å². The Hall–Kier alpha value is -1.85. The SMILES string of the molecule is Cc1cnc(-c2cc(C)c(C#N)cc2C)c(Cl)c1. The van der Waals surface area contributed by atoms with E-state index in [0.717, 1.165) is 27.9 Å². The van der Waals surface area contributed by atoms with Gasteiger partial charge < -0.3 is 0 Å². The standard InChI is InChI=1S/C15H13ClN2/c1-9-4-14(16)15(18-8-9)13-6-10(2)12(7-17)5-11(13)3/h4-6,8H,1-3H3. The van der Waals surface area contributed by atoms with Crippen LogP contribution >= 0.6 is 11.6 Å². The molecular formula is C15H13ClN2. The number of hydrogen-bond donors (Lipinski definition) is 0. The van der Waals surface area contributed by atoms with Crippen molar-refractivity contribution in [1.82, 2.24) is 4.98 Å². The number of nitrogens with zero attached hydrogens (tertiary/aromatic N) is 2. The van der Waals surface area contributed by atoms with Gasteiger partial charge in [0, 0.05) is 11.8 Å². The van der Waals surface area contributed by atoms with E-state index < -0.39 is 0 Å². The second-order valence-electron chi connectivity index (χ2n) is 4.44. The molecule has 0 amide bonds. The number of aromatic nitrogens is 1. The summed E-state index contributed by atoms with van der Waals surface area (Å²) in [6.45, 7) is 5.84. The van der Waals surface area contributed by atoms with Gasteiger partial charge in [-0.15, -0.1) is 0 Å². The van der Waals surface area contributed by atoms with Crippen molar-refractivity contribution in [3.05, 3.63) is 51.7 Å². The number of benzene rings is 1. The highest BCUT2D eigenvalue weighted by molar-refractivity contribution is 6.33. The summed E-state index contributed by atoms with van der Waals surface area (Å²) >= 11 is 6.23. The average Bonchev–Trinajstić information content (AvgIpc) is 2.32. The summed E-state index contributed by atoms with van der Waals surface area (Å²) in [5.74, 6) is 0. The van der Waals surface area contributed by atoms with E-state index >= 15 is 0 Å². The van der Waals surface area contributed by atoms with Crippen molar-refractivity contribution in [1.29, 1.82) is 5.26 Å². The van der Waals surface area contributed by atoms with Crippen LogP contribution in [0, 0.1) is 32.1 Å². The Kier molecular flexibility index (Phi) is 3.36. The van der Waals surface area contributed by atoms with Crippen molar-refractivity contribution in [3.8, 4) is 17.3 Å². The monoisotopic (exact) mass is 256 g/mol. The van der Waals surface area contributed by atoms with Gasteiger partial charge >= 0.3 is 0 Å². The molecule has 1 aromatic carbocycles. The largest absolute Gasteiger partial charge is 0.254 e. The van der Waals surface area contributed by atoms with Crippen LogP contribution in [-0.2, 0) is 0 Å². The molecule has 0 aliphatic heterocycles. The Morgan fingerprint density at radius 1 is 1.11 bits per heavy atom. The molecular weight excluding hydrogens is 244 g/mol. The van der Waals surface area contributed by atoms with E-state index in [1.54, 1.807) is 6.20 Å². The molecule has 0 atom stereocenters. The van der Waals surface area contributed by atoms with E-state index in [4.69, 9.17) is 16.9 Å². The highest BCUT2D eigenvalue weighted by atomic mass is 35.5. The van der Waals surface area contributed by atoms with Crippen molar-refractivity contribution in [3.63, 3.8) is 0 Å². The fraction of sp³-hybridized carbons (Fsp3) is 0.200. The van der Waals surface area contributed by atoms with Gasteiger partial charge in [0.2, 0.25) is 0 Å². The van der Waals surface area contributed by atoms with Crippen molar-refractivity contribution < 1.29 is 0 Å². The molecule has 0 radical (unpaired) electrons. The van der Waals surface area contributed by atoms with Gasteiger partial charge in [-0.25, -0.2) is 0 Å². The van der Waals surface area contributed by atoms with Crippen molar-refractivity contribution in [2.24, 2.45) is 0 Å². The van der Waals surface area contributed by atoms with Gasteiger partial charge in [0.1, 0.15) is 0 Å². The summed E-state index contributed by atoms with van der Waals surface area (Å²) in [5, 5.41) is 9.64. The Bertz CT molecular complexity index is 654. The third-order valence-corrected chi connectivity index (χ3v) is 3.21. The Morgan fingerprint density at radius 2 is 1.83 bits per heavy atom. The third-order valence-electron chi connectivity index (χ3n) is 2.92. The molecule has 0 N–H and O–H groups in total. The Morgan fingerprint density at radius 3 is 2.44 bits per heavy atom. The van der Waals surface area contributed by atoms with Crippen LogP contribution < -0.4 is 0 Å². The maximum Gasteiger partial charge on any atom is 0.0994 e. The normalized spacial score (nSPS) is 10.2. The molecule has 2 rings (SSSR count). The molecule has 0 spiro atoms. The Labute approximate surface area is 112 Å². The quantitative estimate of drug-likeness (QED) is 0.767. The fourth-order valence-electron chi connectivity index (χ4n) is 1.92. The molecule has 0 fully saturated rings. The molecule has 0 saturated carbocycles. The lowest BCUT2D eigenvalue weighted by Gasteiger charge is -2.10. The van der Waals surface area contributed by atoms with E-state index in [2.05, 4.69) is 11.1 Å². The van der Waals surface area contributed by atoms with Crippen LogP contribution in [0.1, 0.15) is 22.3 Å². The van der Waals surface area contributed by atoms with Crippen LogP contribution in [0.2, 0.25) is 5.02 Å². The summed E-state index contributed by atoms with van der Waals surface area (Å²) in [6, 6.07) is 7.93. The van der Waals surface area contributed by atoms with Crippen LogP contribution in [0.5, 0.6) is 0 Å². The predicted molar refractivity (Wildman–Crippen MR) is 73.6 cm³/mol. The van der Waals surface area contributed by atoms with Crippen molar-refractivity contribution in [2.75, 3.05) is 0 Å². The number of aryl methyl sites for hydroxylation is 3. The minimum atomic E-state index is 0.641. The molecule has 2 nitrogen and oxygen atoms in total. The van der Waals surface area contributed by atoms with Gasteiger partial charge in [-0.1, -0.05) is 11.6 Å². The first kappa shape index (κ1) is 12.6.